The molecule has 26 heavy (non-hydrogen) atoms. The Labute approximate surface area is 149 Å². The van der Waals surface area contributed by atoms with E-state index in [0.717, 1.165) is 47.6 Å². The van der Waals surface area contributed by atoms with Gasteiger partial charge in [-0.15, -0.1) is 0 Å². The molecule has 0 amide bonds. The van der Waals surface area contributed by atoms with E-state index in [4.69, 9.17) is 4.98 Å². The van der Waals surface area contributed by atoms with Gasteiger partial charge in [-0.2, -0.15) is 10.4 Å². The summed E-state index contributed by atoms with van der Waals surface area (Å²) in [7, 11) is 0. The molecule has 0 saturated carbocycles. The minimum Gasteiger partial charge on any atom is -0.361 e. The molecule has 0 bridgehead atoms. The lowest BCUT2D eigenvalue weighted by atomic mass is 10.1. The fraction of sp³-hybridized carbons (Fsp3) is 0.263. The molecule has 4 heterocycles. The Hall–Kier alpha value is -3.40. The summed E-state index contributed by atoms with van der Waals surface area (Å²) in [5.41, 5.74) is 4.07. The Balaban J connectivity index is 1.73. The second kappa shape index (κ2) is 5.56. The first-order valence-corrected chi connectivity index (χ1v) is 8.71. The fourth-order valence-electron chi connectivity index (χ4n) is 3.80. The van der Waals surface area contributed by atoms with Crippen molar-refractivity contribution in [2.24, 2.45) is 0 Å². The molecule has 1 aliphatic rings. The fourth-order valence-corrected chi connectivity index (χ4v) is 3.80. The smallest absolute Gasteiger partial charge is 0.157 e. The van der Waals surface area contributed by atoms with E-state index in [2.05, 4.69) is 21.5 Å². The highest BCUT2D eigenvalue weighted by atomic mass is 15.4. The molecule has 0 radical (unpaired) electrons. The Morgan fingerprint density at radius 3 is 3.08 bits per heavy atom. The standard InChI is InChI=1S/C19H17N7/c1-12-9-17(23-15-6-4-8-25-19(15)21-11-22-25)26-16-7-3-2-5-14(16)24-18(26)13(12)10-20/h2-3,5,7,9,11,15,23H,4,6,8H2,1H3. The topological polar surface area (TPSA) is 83.8 Å². The van der Waals surface area contributed by atoms with Crippen LogP contribution in [0, 0.1) is 18.3 Å². The van der Waals surface area contributed by atoms with Crippen LogP contribution in [0.25, 0.3) is 16.7 Å². The van der Waals surface area contributed by atoms with Gasteiger partial charge in [0.2, 0.25) is 0 Å². The minimum absolute atomic E-state index is 0.0861. The molecule has 7 heteroatoms. The zero-order chi connectivity index (χ0) is 17.7. The van der Waals surface area contributed by atoms with Crippen LogP contribution < -0.4 is 5.32 Å². The molecule has 5 rings (SSSR count). The molecule has 0 spiro atoms. The molecular formula is C19H17N7. The van der Waals surface area contributed by atoms with Gasteiger partial charge in [-0.25, -0.2) is 14.6 Å². The van der Waals surface area contributed by atoms with Gasteiger partial charge < -0.3 is 5.32 Å². The van der Waals surface area contributed by atoms with Crippen molar-refractivity contribution in [2.45, 2.75) is 32.4 Å². The predicted octanol–water partition coefficient (Wildman–Crippen LogP) is 3.21. The predicted molar refractivity (Wildman–Crippen MR) is 97.8 cm³/mol. The number of nitriles is 1. The number of hydrogen-bond acceptors (Lipinski definition) is 5. The summed E-state index contributed by atoms with van der Waals surface area (Å²) in [6.07, 6.45) is 3.66. The minimum atomic E-state index is 0.0861. The number of imidazole rings is 1. The van der Waals surface area contributed by atoms with E-state index < -0.39 is 0 Å². The maximum Gasteiger partial charge on any atom is 0.157 e. The van der Waals surface area contributed by atoms with Crippen molar-refractivity contribution in [1.29, 1.82) is 5.26 Å². The molecule has 7 nitrogen and oxygen atoms in total. The van der Waals surface area contributed by atoms with E-state index in [1.807, 2.05) is 46.3 Å². The third-order valence-corrected chi connectivity index (χ3v) is 5.03. The number of para-hydroxylation sites is 2. The summed E-state index contributed by atoms with van der Waals surface area (Å²) in [5.74, 6) is 1.88. The molecule has 1 unspecified atom stereocenters. The first-order valence-electron chi connectivity index (χ1n) is 8.71. The highest BCUT2D eigenvalue weighted by Gasteiger charge is 2.24. The van der Waals surface area contributed by atoms with Crippen LogP contribution in [-0.2, 0) is 6.54 Å². The van der Waals surface area contributed by atoms with Crippen molar-refractivity contribution in [2.75, 3.05) is 5.32 Å². The number of hydrogen-bond donors (Lipinski definition) is 1. The monoisotopic (exact) mass is 343 g/mol. The number of nitrogens with one attached hydrogen (secondary N) is 1. The molecule has 4 aromatic rings. The highest BCUT2D eigenvalue weighted by Crippen LogP contribution is 2.31. The number of aromatic nitrogens is 5. The molecule has 0 aliphatic carbocycles. The van der Waals surface area contributed by atoms with Gasteiger partial charge in [-0.1, -0.05) is 12.1 Å². The van der Waals surface area contributed by atoms with E-state index >= 15 is 0 Å². The molecule has 1 atom stereocenters. The Morgan fingerprint density at radius 1 is 1.31 bits per heavy atom. The maximum atomic E-state index is 9.61. The average Bonchev–Trinajstić information content (AvgIpc) is 3.27. The number of aryl methyl sites for hydroxylation is 2. The summed E-state index contributed by atoms with van der Waals surface area (Å²) in [5, 5.41) is 17.5. The van der Waals surface area contributed by atoms with Gasteiger partial charge >= 0.3 is 0 Å². The Morgan fingerprint density at radius 2 is 2.19 bits per heavy atom. The molecule has 1 aliphatic heterocycles. The molecule has 1 N–H and O–H groups in total. The van der Waals surface area contributed by atoms with E-state index in [0.29, 0.717) is 11.2 Å². The molecule has 3 aromatic heterocycles. The van der Waals surface area contributed by atoms with Gasteiger partial charge in [0.15, 0.2) is 5.65 Å². The lowest BCUT2D eigenvalue weighted by Gasteiger charge is -2.25. The van der Waals surface area contributed by atoms with Crippen molar-refractivity contribution in [3.63, 3.8) is 0 Å². The summed E-state index contributed by atoms with van der Waals surface area (Å²) in [4.78, 5) is 9.13. The van der Waals surface area contributed by atoms with Gasteiger partial charge in [0.25, 0.3) is 0 Å². The van der Waals surface area contributed by atoms with Crippen LogP contribution in [0.1, 0.15) is 35.8 Å². The van der Waals surface area contributed by atoms with Crippen LogP contribution in [-0.4, -0.2) is 24.1 Å². The quantitative estimate of drug-likeness (QED) is 0.604. The zero-order valence-corrected chi connectivity index (χ0v) is 14.3. The van der Waals surface area contributed by atoms with Crippen LogP contribution in [0.4, 0.5) is 5.82 Å². The summed E-state index contributed by atoms with van der Waals surface area (Å²) < 4.78 is 4.00. The second-order valence-electron chi connectivity index (χ2n) is 6.64. The van der Waals surface area contributed by atoms with E-state index in [1.165, 1.54) is 0 Å². The number of rotatable bonds is 2. The number of benzene rings is 1. The van der Waals surface area contributed by atoms with Crippen LogP contribution in [0.15, 0.2) is 36.7 Å². The average molecular weight is 343 g/mol. The van der Waals surface area contributed by atoms with Crippen molar-refractivity contribution < 1.29 is 0 Å². The zero-order valence-electron chi connectivity index (χ0n) is 14.3. The van der Waals surface area contributed by atoms with Gasteiger partial charge in [0.1, 0.15) is 24.0 Å². The maximum absolute atomic E-state index is 9.61. The lowest BCUT2D eigenvalue weighted by Crippen LogP contribution is -2.23. The van der Waals surface area contributed by atoms with Gasteiger partial charge in [0.05, 0.1) is 22.6 Å². The van der Waals surface area contributed by atoms with Crippen molar-refractivity contribution in [3.05, 3.63) is 53.6 Å². The number of fused-ring (bicyclic) bond motifs is 4. The number of anilines is 1. The Kier molecular flexibility index (Phi) is 3.19. The molecule has 128 valence electrons. The SMILES string of the molecule is Cc1cc(NC2CCCn3ncnc32)n2c(nc3ccccc32)c1C#N. The van der Waals surface area contributed by atoms with Crippen LogP contribution in [0.5, 0.6) is 0 Å². The summed E-state index contributed by atoms with van der Waals surface area (Å²) >= 11 is 0. The third kappa shape index (κ3) is 2.09. The van der Waals surface area contributed by atoms with Crippen molar-refractivity contribution >= 4 is 22.5 Å². The van der Waals surface area contributed by atoms with Crippen LogP contribution >= 0.6 is 0 Å². The van der Waals surface area contributed by atoms with E-state index in [9.17, 15) is 5.26 Å². The normalized spacial score (nSPS) is 16.5. The summed E-state index contributed by atoms with van der Waals surface area (Å²) in [6.45, 7) is 2.86. The van der Waals surface area contributed by atoms with Gasteiger partial charge in [0, 0.05) is 6.54 Å². The molecule has 0 saturated heterocycles. The van der Waals surface area contributed by atoms with E-state index in [1.54, 1.807) is 6.33 Å². The van der Waals surface area contributed by atoms with Gasteiger partial charge in [-0.05, 0) is 43.5 Å². The third-order valence-electron chi connectivity index (χ3n) is 5.03. The van der Waals surface area contributed by atoms with Crippen LogP contribution in [0.2, 0.25) is 0 Å². The first kappa shape index (κ1) is 14.9. The number of pyridine rings is 1. The van der Waals surface area contributed by atoms with Crippen molar-refractivity contribution in [1.82, 2.24) is 24.1 Å². The summed E-state index contributed by atoms with van der Waals surface area (Å²) in [6, 6.07) is 12.4. The Bertz CT molecular complexity index is 1180. The molecule has 1 aromatic carbocycles. The van der Waals surface area contributed by atoms with E-state index in [-0.39, 0.29) is 6.04 Å². The highest BCUT2D eigenvalue weighted by molar-refractivity contribution is 5.85. The second-order valence-corrected chi connectivity index (χ2v) is 6.64. The molecular weight excluding hydrogens is 326 g/mol. The van der Waals surface area contributed by atoms with Gasteiger partial charge in [-0.3, -0.25) is 4.40 Å². The first-order chi connectivity index (χ1) is 12.8. The lowest BCUT2D eigenvalue weighted by molar-refractivity contribution is 0.437. The molecule has 0 fully saturated rings. The van der Waals surface area contributed by atoms with Crippen LogP contribution in [0.3, 0.4) is 0 Å². The van der Waals surface area contributed by atoms with Crippen molar-refractivity contribution in [3.8, 4) is 6.07 Å². The largest absolute Gasteiger partial charge is 0.361 e. The number of nitrogens with zero attached hydrogens (tertiary/aromatic N) is 6.